The number of aryl methyl sites for hydroxylation is 1. The fraction of sp³-hybridized carbons (Fsp3) is 0.467. The van der Waals surface area contributed by atoms with Gasteiger partial charge in [-0.05, 0) is 31.9 Å². The molecule has 1 aromatic carbocycles. The first-order chi connectivity index (χ1) is 9.06. The Hall–Kier alpha value is -1.13. The van der Waals surface area contributed by atoms with Gasteiger partial charge in [0.15, 0.2) is 0 Å². The molecule has 106 valence electrons. The van der Waals surface area contributed by atoms with Gasteiger partial charge in [-0.15, -0.1) is 0 Å². The van der Waals surface area contributed by atoms with Gasteiger partial charge in [0, 0.05) is 6.54 Å². The molecule has 19 heavy (non-hydrogen) atoms. The molecule has 0 aliphatic heterocycles. The quantitative estimate of drug-likeness (QED) is 0.586. The van der Waals surface area contributed by atoms with Crippen LogP contribution in [0.3, 0.4) is 0 Å². The van der Waals surface area contributed by atoms with Crippen LogP contribution in [0.15, 0.2) is 41.3 Å². The summed E-state index contributed by atoms with van der Waals surface area (Å²) in [5.41, 5.74) is 1.05. The van der Waals surface area contributed by atoms with Gasteiger partial charge >= 0.3 is 0 Å². The standard InChI is InChI=1S/C15H23NO2S/c1-3-4-5-6-7-8-13-16-19(17,18)15-11-9-14(2)10-12-15/h7-12,16H,3-6,13H2,1-2H3/b8-7+. The number of hydrogen-bond acceptors (Lipinski definition) is 2. The van der Waals surface area contributed by atoms with Crippen LogP contribution in [0.5, 0.6) is 0 Å². The van der Waals surface area contributed by atoms with Crippen molar-refractivity contribution < 1.29 is 8.42 Å². The average molecular weight is 281 g/mol. The minimum atomic E-state index is -3.38. The highest BCUT2D eigenvalue weighted by molar-refractivity contribution is 7.89. The summed E-state index contributed by atoms with van der Waals surface area (Å²) < 4.78 is 26.4. The van der Waals surface area contributed by atoms with Gasteiger partial charge in [0.2, 0.25) is 10.0 Å². The minimum Gasteiger partial charge on any atom is -0.207 e. The van der Waals surface area contributed by atoms with Gasteiger partial charge in [-0.25, -0.2) is 13.1 Å². The van der Waals surface area contributed by atoms with Gasteiger partial charge < -0.3 is 0 Å². The van der Waals surface area contributed by atoms with E-state index in [0.29, 0.717) is 11.4 Å². The van der Waals surface area contributed by atoms with Crippen LogP contribution in [-0.4, -0.2) is 15.0 Å². The molecule has 0 aliphatic rings. The minimum absolute atomic E-state index is 0.317. The van der Waals surface area contributed by atoms with E-state index in [-0.39, 0.29) is 0 Å². The molecule has 1 aromatic rings. The zero-order valence-electron chi connectivity index (χ0n) is 11.7. The third-order valence-electron chi connectivity index (χ3n) is 2.86. The number of unbranched alkanes of at least 4 members (excludes halogenated alkanes) is 3. The fourth-order valence-corrected chi connectivity index (χ4v) is 2.65. The van der Waals surface area contributed by atoms with E-state index < -0.39 is 10.0 Å². The molecule has 0 saturated carbocycles. The average Bonchev–Trinajstić information content (AvgIpc) is 2.38. The molecule has 0 aromatic heterocycles. The van der Waals surface area contributed by atoms with Crippen LogP contribution in [0.25, 0.3) is 0 Å². The first-order valence-electron chi connectivity index (χ1n) is 6.77. The van der Waals surface area contributed by atoms with Gasteiger partial charge in [-0.2, -0.15) is 0 Å². The molecule has 1 N–H and O–H groups in total. The van der Waals surface area contributed by atoms with Crippen LogP contribution >= 0.6 is 0 Å². The zero-order valence-corrected chi connectivity index (χ0v) is 12.5. The summed E-state index contributed by atoms with van der Waals surface area (Å²) in [6.07, 6.45) is 8.51. The van der Waals surface area contributed by atoms with Crippen LogP contribution in [0.1, 0.15) is 38.2 Å². The largest absolute Gasteiger partial charge is 0.240 e. The van der Waals surface area contributed by atoms with Crippen molar-refractivity contribution in [1.82, 2.24) is 4.72 Å². The lowest BCUT2D eigenvalue weighted by Gasteiger charge is -2.04. The lowest BCUT2D eigenvalue weighted by atomic mass is 10.2. The van der Waals surface area contributed by atoms with Crippen LogP contribution in [0, 0.1) is 6.92 Å². The highest BCUT2D eigenvalue weighted by atomic mass is 32.2. The zero-order chi connectivity index (χ0) is 14.1. The molecular weight excluding hydrogens is 258 g/mol. The normalized spacial score (nSPS) is 12.1. The Bertz CT molecular complexity index is 489. The molecule has 0 heterocycles. The molecule has 0 saturated heterocycles. The van der Waals surface area contributed by atoms with Gasteiger partial charge in [0.05, 0.1) is 4.90 Å². The lowest BCUT2D eigenvalue weighted by Crippen LogP contribution is -2.23. The number of hydrogen-bond donors (Lipinski definition) is 1. The molecule has 0 bridgehead atoms. The highest BCUT2D eigenvalue weighted by Crippen LogP contribution is 2.09. The van der Waals surface area contributed by atoms with Crippen LogP contribution in [0.4, 0.5) is 0 Å². The molecule has 0 spiro atoms. The number of rotatable bonds is 8. The molecule has 0 atom stereocenters. The molecule has 0 fully saturated rings. The van der Waals surface area contributed by atoms with Gasteiger partial charge in [-0.3, -0.25) is 0 Å². The first-order valence-corrected chi connectivity index (χ1v) is 8.26. The Morgan fingerprint density at radius 3 is 2.42 bits per heavy atom. The third kappa shape index (κ3) is 6.03. The van der Waals surface area contributed by atoms with Crippen molar-refractivity contribution in [2.45, 2.75) is 44.4 Å². The van der Waals surface area contributed by atoms with E-state index in [1.807, 2.05) is 19.1 Å². The summed E-state index contributed by atoms with van der Waals surface area (Å²) in [7, 11) is -3.38. The molecule has 1 rings (SSSR count). The number of sulfonamides is 1. The second-order valence-corrected chi connectivity index (χ2v) is 6.40. The SMILES string of the molecule is CCCCC/C=C/CNS(=O)(=O)c1ccc(C)cc1. The predicted octanol–water partition coefficient (Wildman–Crippen LogP) is 3.41. The molecule has 0 amide bonds. The summed E-state index contributed by atoms with van der Waals surface area (Å²) in [4.78, 5) is 0.317. The Morgan fingerprint density at radius 1 is 1.11 bits per heavy atom. The Morgan fingerprint density at radius 2 is 1.79 bits per heavy atom. The summed E-state index contributed by atoms with van der Waals surface area (Å²) >= 11 is 0. The van der Waals surface area contributed by atoms with Crippen molar-refractivity contribution in [2.24, 2.45) is 0 Å². The topological polar surface area (TPSA) is 46.2 Å². The Kier molecular flexibility index (Phi) is 6.81. The predicted molar refractivity (Wildman–Crippen MR) is 79.6 cm³/mol. The summed E-state index contributed by atoms with van der Waals surface area (Å²) in [6.45, 7) is 4.45. The van der Waals surface area contributed by atoms with Gasteiger partial charge in [0.1, 0.15) is 0 Å². The second kappa shape index (κ2) is 8.12. The monoisotopic (exact) mass is 281 g/mol. The van der Waals surface area contributed by atoms with Crippen molar-refractivity contribution in [2.75, 3.05) is 6.54 Å². The van der Waals surface area contributed by atoms with Crippen LogP contribution in [-0.2, 0) is 10.0 Å². The maximum atomic E-state index is 11.9. The van der Waals surface area contributed by atoms with Crippen molar-refractivity contribution in [1.29, 1.82) is 0 Å². The number of benzene rings is 1. The molecular formula is C15H23NO2S. The molecule has 0 unspecified atom stereocenters. The van der Waals surface area contributed by atoms with Crippen molar-refractivity contribution in [3.05, 3.63) is 42.0 Å². The Balaban J connectivity index is 2.41. The number of nitrogens with one attached hydrogen (secondary N) is 1. The summed E-state index contributed by atoms with van der Waals surface area (Å²) in [5.74, 6) is 0. The highest BCUT2D eigenvalue weighted by Gasteiger charge is 2.11. The van der Waals surface area contributed by atoms with E-state index >= 15 is 0 Å². The smallest absolute Gasteiger partial charge is 0.207 e. The maximum absolute atomic E-state index is 11.9. The van der Waals surface area contributed by atoms with Gasteiger partial charge in [0.25, 0.3) is 0 Å². The van der Waals surface area contributed by atoms with Gasteiger partial charge in [-0.1, -0.05) is 49.6 Å². The van der Waals surface area contributed by atoms with Crippen molar-refractivity contribution in [3.63, 3.8) is 0 Å². The van der Waals surface area contributed by atoms with E-state index in [0.717, 1.165) is 18.4 Å². The first kappa shape index (κ1) is 15.9. The van der Waals surface area contributed by atoms with E-state index in [9.17, 15) is 8.42 Å². The van der Waals surface area contributed by atoms with E-state index in [1.54, 1.807) is 24.3 Å². The molecule has 0 radical (unpaired) electrons. The Labute approximate surface area is 116 Å². The van der Waals surface area contributed by atoms with E-state index in [2.05, 4.69) is 11.6 Å². The fourth-order valence-electron chi connectivity index (χ4n) is 1.67. The van der Waals surface area contributed by atoms with Crippen molar-refractivity contribution >= 4 is 10.0 Å². The lowest BCUT2D eigenvalue weighted by molar-refractivity contribution is 0.585. The third-order valence-corrected chi connectivity index (χ3v) is 4.30. The second-order valence-electron chi connectivity index (χ2n) is 4.63. The molecule has 0 aliphatic carbocycles. The maximum Gasteiger partial charge on any atom is 0.240 e. The summed E-state index contributed by atoms with van der Waals surface area (Å²) in [6, 6.07) is 6.86. The van der Waals surface area contributed by atoms with Crippen molar-refractivity contribution in [3.8, 4) is 0 Å². The van der Waals surface area contributed by atoms with E-state index in [1.165, 1.54) is 12.8 Å². The number of allylic oxidation sites excluding steroid dienone is 1. The summed E-state index contributed by atoms with van der Waals surface area (Å²) in [5, 5.41) is 0. The van der Waals surface area contributed by atoms with Crippen LogP contribution in [0.2, 0.25) is 0 Å². The van der Waals surface area contributed by atoms with E-state index in [4.69, 9.17) is 0 Å². The molecule has 4 heteroatoms. The molecule has 3 nitrogen and oxygen atoms in total. The van der Waals surface area contributed by atoms with Crippen LogP contribution < -0.4 is 4.72 Å².